The summed E-state index contributed by atoms with van der Waals surface area (Å²) in [4.78, 5) is 4.46. The summed E-state index contributed by atoms with van der Waals surface area (Å²) in [5.74, 6) is 0.815. The van der Waals surface area contributed by atoms with Crippen LogP contribution in [-0.4, -0.2) is 5.90 Å². The Morgan fingerprint density at radius 2 is 1.93 bits per heavy atom. The molecular formula is C13H15NO. The molecule has 78 valence electrons. The molecule has 0 N–H and O–H groups in total. The molecule has 1 aromatic carbocycles. The molecule has 0 radical (unpaired) electrons. The summed E-state index contributed by atoms with van der Waals surface area (Å²) in [5, 5.41) is 0. The van der Waals surface area contributed by atoms with Gasteiger partial charge in [-0.25, -0.2) is 4.99 Å². The SMILES string of the molecule is CC1=Nc2ccccc2C2(CCCC2)O1. The molecule has 2 aliphatic rings. The number of ether oxygens (including phenoxy) is 1. The number of hydrogen-bond donors (Lipinski definition) is 0. The maximum atomic E-state index is 6.01. The standard InChI is InChI=1S/C13H15NO/c1-10-14-12-7-3-2-6-11(12)13(15-10)8-4-5-9-13/h2-3,6-7H,4-5,8-9H2,1H3. The second-order valence-corrected chi connectivity index (χ2v) is 4.45. The summed E-state index contributed by atoms with van der Waals surface area (Å²) < 4.78 is 6.01. The van der Waals surface area contributed by atoms with Crippen molar-refractivity contribution in [1.29, 1.82) is 0 Å². The highest BCUT2D eigenvalue weighted by Crippen LogP contribution is 2.47. The van der Waals surface area contributed by atoms with Crippen LogP contribution in [-0.2, 0) is 10.3 Å². The van der Waals surface area contributed by atoms with E-state index in [2.05, 4.69) is 23.2 Å². The Morgan fingerprint density at radius 1 is 1.20 bits per heavy atom. The number of benzene rings is 1. The Hall–Kier alpha value is -1.31. The minimum atomic E-state index is -0.0531. The molecule has 1 spiro atoms. The second-order valence-electron chi connectivity index (χ2n) is 4.45. The third-order valence-corrected chi connectivity index (χ3v) is 3.43. The van der Waals surface area contributed by atoms with Gasteiger partial charge in [0.1, 0.15) is 5.60 Å². The number of aliphatic imine (C=N–C) groups is 1. The highest BCUT2D eigenvalue weighted by molar-refractivity contribution is 5.80. The van der Waals surface area contributed by atoms with Gasteiger partial charge >= 0.3 is 0 Å². The average Bonchev–Trinajstić information content (AvgIpc) is 2.67. The van der Waals surface area contributed by atoms with Crippen LogP contribution in [0.3, 0.4) is 0 Å². The number of fused-ring (bicyclic) bond motifs is 2. The normalized spacial score (nSPS) is 22.1. The lowest BCUT2D eigenvalue weighted by Crippen LogP contribution is -2.31. The maximum absolute atomic E-state index is 6.01. The van der Waals surface area contributed by atoms with Crippen molar-refractivity contribution < 1.29 is 4.74 Å². The quantitative estimate of drug-likeness (QED) is 0.629. The van der Waals surface area contributed by atoms with Gasteiger partial charge in [0.2, 0.25) is 0 Å². The highest BCUT2D eigenvalue weighted by atomic mass is 16.5. The van der Waals surface area contributed by atoms with E-state index in [4.69, 9.17) is 4.74 Å². The Morgan fingerprint density at radius 3 is 2.73 bits per heavy atom. The van der Waals surface area contributed by atoms with Crippen molar-refractivity contribution >= 4 is 11.6 Å². The van der Waals surface area contributed by atoms with E-state index in [9.17, 15) is 0 Å². The van der Waals surface area contributed by atoms with Crippen LogP contribution in [0.2, 0.25) is 0 Å². The highest BCUT2D eigenvalue weighted by Gasteiger charge is 2.41. The monoisotopic (exact) mass is 201 g/mol. The number of para-hydroxylation sites is 1. The molecule has 3 rings (SSSR count). The summed E-state index contributed by atoms with van der Waals surface area (Å²) in [6, 6.07) is 8.38. The van der Waals surface area contributed by atoms with E-state index in [0.29, 0.717) is 0 Å². The first-order valence-electron chi connectivity index (χ1n) is 5.64. The predicted octanol–water partition coefficient (Wildman–Crippen LogP) is 3.54. The van der Waals surface area contributed by atoms with E-state index < -0.39 is 0 Å². The first kappa shape index (κ1) is 8.96. The minimum Gasteiger partial charge on any atom is -0.470 e. The molecule has 1 aliphatic heterocycles. The van der Waals surface area contributed by atoms with Crippen LogP contribution in [0.5, 0.6) is 0 Å². The molecule has 0 saturated heterocycles. The first-order valence-corrected chi connectivity index (χ1v) is 5.64. The smallest absolute Gasteiger partial charge is 0.186 e. The van der Waals surface area contributed by atoms with Crippen LogP contribution in [0.1, 0.15) is 38.2 Å². The van der Waals surface area contributed by atoms with Gasteiger partial charge in [0.25, 0.3) is 0 Å². The van der Waals surface area contributed by atoms with Gasteiger partial charge in [-0.1, -0.05) is 18.2 Å². The van der Waals surface area contributed by atoms with E-state index in [1.165, 1.54) is 18.4 Å². The van der Waals surface area contributed by atoms with Gasteiger partial charge in [-0.05, 0) is 31.7 Å². The summed E-state index contributed by atoms with van der Waals surface area (Å²) in [6.45, 7) is 1.95. The molecule has 1 saturated carbocycles. The van der Waals surface area contributed by atoms with E-state index in [0.717, 1.165) is 24.4 Å². The maximum Gasteiger partial charge on any atom is 0.186 e. The lowest BCUT2D eigenvalue weighted by atomic mass is 9.89. The van der Waals surface area contributed by atoms with Gasteiger partial charge in [-0.2, -0.15) is 0 Å². The molecule has 15 heavy (non-hydrogen) atoms. The summed E-state index contributed by atoms with van der Waals surface area (Å²) in [7, 11) is 0. The fourth-order valence-electron chi connectivity index (χ4n) is 2.80. The molecule has 1 aromatic rings. The van der Waals surface area contributed by atoms with E-state index in [-0.39, 0.29) is 5.60 Å². The second kappa shape index (κ2) is 3.09. The summed E-state index contributed by atoms with van der Waals surface area (Å²) in [6.07, 6.45) is 4.80. The molecule has 2 heteroatoms. The number of nitrogens with zero attached hydrogens (tertiary/aromatic N) is 1. The fraction of sp³-hybridized carbons (Fsp3) is 0.462. The predicted molar refractivity (Wildman–Crippen MR) is 60.4 cm³/mol. The molecule has 0 atom stereocenters. The van der Waals surface area contributed by atoms with E-state index in [1.54, 1.807) is 0 Å². The molecule has 1 heterocycles. The zero-order valence-electron chi connectivity index (χ0n) is 8.99. The zero-order chi connectivity index (χ0) is 10.3. The van der Waals surface area contributed by atoms with Gasteiger partial charge in [-0.15, -0.1) is 0 Å². The largest absolute Gasteiger partial charge is 0.470 e. The third-order valence-electron chi connectivity index (χ3n) is 3.43. The van der Waals surface area contributed by atoms with Crippen LogP contribution in [0, 0.1) is 0 Å². The van der Waals surface area contributed by atoms with E-state index in [1.807, 2.05) is 13.0 Å². The molecule has 0 bridgehead atoms. The fourth-order valence-corrected chi connectivity index (χ4v) is 2.80. The number of rotatable bonds is 0. The van der Waals surface area contributed by atoms with Crippen molar-refractivity contribution in [2.75, 3.05) is 0 Å². The Kier molecular flexibility index (Phi) is 1.84. The summed E-state index contributed by atoms with van der Waals surface area (Å²) >= 11 is 0. The van der Waals surface area contributed by atoms with Crippen molar-refractivity contribution in [3.05, 3.63) is 29.8 Å². The van der Waals surface area contributed by atoms with Crippen molar-refractivity contribution in [2.24, 2.45) is 4.99 Å². The Balaban J connectivity index is 2.17. The number of hydrogen-bond acceptors (Lipinski definition) is 2. The van der Waals surface area contributed by atoms with Crippen LogP contribution >= 0.6 is 0 Å². The molecular weight excluding hydrogens is 186 g/mol. The lowest BCUT2D eigenvalue weighted by molar-refractivity contribution is 0.0555. The lowest BCUT2D eigenvalue weighted by Gasteiger charge is -2.34. The Labute approximate surface area is 90.0 Å². The average molecular weight is 201 g/mol. The van der Waals surface area contributed by atoms with Gasteiger partial charge in [-0.3, -0.25) is 0 Å². The van der Waals surface area contributed by atoms with Crippen LogP contribution in [0.25, 0.3) is 0 Å². The van der Waals surface area contributed by atoms with E-state index >= 15 is 0 Å². The minimum absolute atomic E-state index is 0.0531. The molecule has 1 aliphatic carbocycles. The molecule has 2 nitrogen and oxygen atoms in total. The molecule has 0 aromatic heterocycles. The van der Waals surface area contributed by atoms with Gasteiger partial charge in [0.15, 0.2) is 5.90 Å². The molecule has 0 unspecified atom stereocenters. The van der Waals surface area contributed by atoms with Crippen LogP contribution in [0.15, 0.2) is 29.3 Å². The Bertz CT molecular complexity index is 416. The van der Waals surface area contributed by atoms with Crippen molar-refractivity contribution in [3.63, 3.8) is 0 Å². The third kappa shape index (κ3) is 1.28. The molecule has 1 fully saturated rings. The van der Waals surface area contributed by atoms with Crippen LogP contribution in [0.4, 0.5) is 5.69 Å². The zero-order valence-corrected chi connectivity index (χ0v) is 8.99. The van der Waals surface area contributed by atoms with Gasteiger partial charge in [0, 0.05) is 12.5 Å². The topological polar surface area (TPSA) is 21.6 Å². The van der Waals surface area contributed by atoms with Crippen molar-refractivity contribution in [2.45, 2.75) is 38.2 Å². The van der Waals surface area contributed by atoms with Gasteiger partial charge < -0.3 is 4.74 Å². The van der Waals surface area contributed by atoms with Crippen molar-refractivity contribution in [1.82, 2.24) is 0 Å². The summed E-state index contributed by atoms with van der Waals surface area (Å²) in [5.41, 5.74) is 2.33. The van der Waals surface area contributed by atoms with Crippen LogP contribution < -0.4 is 0 Å². The van der Waals surface area contributed by atoms with Gasteiger partial charge in [0.05, 0.1) is 5.69 Å². The van der Waals surface area contributed by atoms with Crippen molar-refractivity contribution in [3.8, 4) is 0 Å². The molecule has 0 amide bonds. The first-order chi connectivity index (χ1) is 7.30.